The maximum atomic E-state index is 12.4. The first kappa shape index (κ1) is 17.2. The molecule has 0 aliphatic heterocycles. The Hall–Kier alpha value is -2.58. The van der Waals surface area contributed by atoms with Crippen molar-refractivity contribution in [3.63, 3.8) is 0 Å². The van der Waals surface area contributed by atoms with E-state index in [0.29, 0.717) is 27.0 Å². The second-order valence-electron chi connectivity index (χ2n) is 5.08. The van der Waals surface area contributed by atoms with E-state index in [1.807, 2.05) is 12.1 Å². The molecule has 0 fully saturated rings. The van der Waals surface area contributed by atoms with Crippen molar-refractivity contribution in [2.45, 2.75) is 6.92 Å². The van der Waals surface area contributed by atoms with Crippen molar-refractivity contribution in [1.82, 2.24) is 9.97 Å². The molecule has 2 heterocycles. The number of pyridine rings is 1. The number of hydrogen-bond donors (Lipinski definition) is 2. The number of nitrogens with one attached hydrogen (secondary N) is 2. The van der Waals surface area contributed by atoms with Gasteiger partial charge < -0.3 is 5.32 Å². The first-order valence-corrected chi connectivity index (χ1v) is 8.89. The molecule has 126 valence electrons. The highest BCUT2D eigenvalue weighted by Gasteiger charge is 2.17. The molecule has 0 spiro atoms. The van der Waals surface area contributed by atoms with Gasteiger partial charge >= 0.3 is 0 Å². The molecular weight excluding hydrogens is 404 g/mol. The molecule has 0 aliphatic rings. The van der Waals surface area contributed by atoms with Crippen LogP contribution in [0.4, 0.5) is 10.8 Å². The number of carbonyl (C=O) groups excluding carboxylic acids is 2. The van der Waals surface area contributed by atoms with Crippen LogP contribution in [0.2, 0.25) is 0 Å². The summed E-state index contributed by atoms with van der Waals surface area (Å²) < 4.78 is 0.931. The number of aromatic nitrogens is 2. The van der Waals surface area contributed by atoms with Crippen molar-refractivity contribution in [1.29, 1.82) is 0 Å². The largest absolute Gasteiger partial charge is 0.321 e. The Kier molecular flexibility index (Phi) is 5.20. The summed E-state index contributed by atoms with van der Waals surface area (Å²) in [5.41, 5.74) is 1.72. The van der Waals surface area contributed by atoms with Gasteiger partial charge in [-0.3, -0.25) is 19.9 Å². The van der Waals surface area contributed by atoms with Gasteiger partial charge in [-0.25, -0.2) is 4.98 Å². The van der Waals surface area contributed by atoms with E-state index in [9.17, 15) is 9.59 Å². The van der Waals surface area contributed by atoms with E-state index < -0.39 is 0 Å². The van der Waals surface area contributed by atoms with Crippen LogP contribution in [0.25, 0.3) is 0 Å². The van der Waals surface area contributed by atoms with Crippen molar-refractivity contribution in [2.75, 3.05) is 10.6 Å². The third-order valence-electron chi connectivity index (χ3n) is 3.27. The van der Waals surface area contributed by atoms with Crippen LogP contribution < -0.4 is 10.6 Å². The van der Waals surface area contributed by atoms with Crippen LogP contribution in [0.3, 0.4) is 0 Å². The van der Waals surface area contributed by atoms with Gasteiger partial charge in [0.2, 0.25) is 0 Å². The molecule has 3 rings (SSSR count). The molecule has 3 aromatic rings. The van der Waals surface area contributed by atoms with Gasteiger partial charge in [0.1, 0.15) is 4.88 Å². The standard InChI is InChI=1S/C17H13BrN4O2S/c1-10-14(16(24)21-13-4-2-12(18)3-5-13)25-17(20-10)22-15(23)11-6-8-19-9-7-11/h2-9H,1H3,(H,21,24)(H,20,22,23). The number of nitrogens with zero attached hydrogens (tertiary/aromatic N) is 2. The monoisotopic (exact) mass is 416 g/mol. The van der Waals surface area contributed by atoms with Crippen molar-refractivity contribution in [3.05, 3.63) is 69.4 Å². The lowest BCUT2D eigenvalue weighted by Crippen LogP contribution is -2.11. The first-order chi connectivity index (χ1) is 12.0. The van der Waals surface area contributed by atoms with Crippen LogP contribution in [-0.4, -0.2) is 21.8 Å². The molecule has 0 radical (unpaired) electrons. The molecular formula is C17H13BrN4O2S. The summed E-state index contributed by atoms with van der Waals surface area (Å²) in [7, 11) is 0. The summed E-state index contributed by atoms with van der Waals surface area (Å²) in [6.07, 6.45) is 3.08. The molecule has 2 N–H and O–H groups in total. The Balaban J connectivity index is 1.72. The molecule has 6 nitrogen and oxygen atoms in total. The number of anilines is 2. The number of rotatable bonds is 4. The molecule has 0 saturated carbocycles. The molecule has 2 amide bonds. The van der Waals surface area contributed by atoms with Gasteiger partial charge in [0.15, 0.2) is 5.13 Å². The Bertz CT molecular complexity index is 910. The Morgan fingerprint density at radius 1 is 1.00 bits per heavy atom. The van der Waals surface area contributed by atoms with E-state index in [1.165, 1.54) is 0 Å². The van der Waals surface area contributed by atoms with Crippen LogP contribution >= 0.6 is 27.3 Å². The van der Waals surface area contributed by atoms with Crippen LogP contribution in [0.5, 0.6) is 0 Å². The van der Waals surface area contributed by atoms with Gasteiger partial charge in [-0.2, -0.15) is 0 Å². The zero-order valence-electron chi connectivity index (χ0n) is 13.1. The van der Waals surface area contributed by atoms with E-state index in [4.69, 9.17) is 0 Å². The number of thiazole rings is 1. The van der Waals surface area contributed by atoms with Crippen LogP contribution in [0.15, 0.2) is 53.3 Å². The molecule has 0 aliphatic carbocycles. The molecule has 1 aromatic carbocycles. The molecule has 0 saturated heterocycles. The number of aryl methyl sites for hydroxylation is 1. The zero-order chi connectivity index (χ0) is 17.8. The minimum absolute atomic E-state index is 0.262. The zero-order valence-corrected chi connectivity index (χ0v) is 15.5. The molecule has 8 heteroatoms. The second kappa shape index (κ2) is 7.54. The molecule has 0 unspecified atom stereocenters. The lowest BCUT2D eigenvalue weighted by Gasteiger charge is -2.03. The van der Waals surface area contributed by atoms with Gasteiger partial charge in [0.05, 0.1) is 5.69 Å². The smallest absolute Gasteiger partial charge is 0.267 e. The number of benzene rings is 1. The Labute approximate surface area is 156 Å². The van der Waals surface area contributed by atoms with E-state index in [0.717, 1.165) is 15.8 Å². The van der Waals surface area contributed by atoms with Crippen molar-refractivity contribution in [2.24, 2.45) is 0 Å². The Morgan fingerprint density at radius 3 is 2.36 bits per heavy atom. The summed E-state index contributed by atoms with van der Waals surface area (Å²) in [5.74, 6) is -0.558. The fourth-order valence-electron chi connectivity index (χ4n) is 2.05. The van der Waals surface area contributed by atoms with Gasteiger partial charge in [-0.05, 0) is 43.3 Å². The quantitative estimate of drug-likeness (QED) is 0.669. The SMILES string of the molecule is Cc1nc(NC(=O)c2ccncc2)sc1C(=O)Nc1ccc(Br)cc1. The first-order valence-electron chi connectivity index (χ1n) is 7.28. The molecule has 0 atom stereocenters. The Morgan fingerprint density at radius 2 is 1.68 bits per heavy atom. The molecule has 0 bridgehead atoms. The number of carbonyl (C=O) groups is 2. The fraction of sp³-hybridized carbons (Fsp3) is 0.0588. The molecule has 2 aromatic heterocycles. The third-order valence-corrected chi connectivity index (χ3v) is 4.87. The van der Waals surface area contributed by atoms with Crippen LogP contribution in [-0.2, 0) is 0 Å². The number of amides is 2. The summed E-state index contributed by atoms with van der Waals surface area (Å²) in [4.78, 5) is 33.1. The van der Waals surface area contributed by atoms with E-state index in [-0.39, 0.29) is 11.8 Å². The maximum Gasteiger partial charge on any atom is 0.267 e. The second-order valence-corrected chi connectivity index (χ2v) is 7.00. The lowest BCUT2D eigenvalue weighted by atomic mass is 10.2. The normalized spacial score (nSPS) is 10.3. The van der Waals surface area contributed by atoms with Crippen LogP contribution in [0, 0.1) is 6.92 Å². The minimum Gasteiger partial charge on any atom is -0.321 e. The third kappa shape index (κ3) is 4.28. The topological polar surface area (TPSA) is 84.0 Å². The highest BCUT2D eigenvalue weighted by atomic mass is 79.9. The van der Waals surface area contributed by atoms with Gasteiger partial charge in [0, 0.05) is 28.1 Å². The van der Waals surface area contributed by atoms with Crippen molar-refractivity contribution < 1.29 is 9.59 Å². The highest BCUT2D eigenvalue weighted by Crippen LogP contribution is 2.24. The summed E-state index contributed by atoms with van der Waals surface area (Å²) in [6, 6.07) is 10.5. The summed E-state index contributed by atoms with van der Waals surface area (Å²) in [5, 5.41) is 5.89. The van der Waals surface area contributed by atoms with E-state index >= 15 is 0 Å². The summed E-state index contributed by atoms with van der Waals surface area (Å²) in [6.45, 7) is 1.73. The average Bonchev–Trinajstić information content (AvgIpc) is 2.98. The van der Waals surface area contributed by atoms with Crippen molar-refractivity contribution in [3.8, 4) is 0 Å². The van der Waals surface area contributed by atoms with E-state index in [2.05, 4.69) is 36.5 Å². The molecule has 25 heavy (non-hydrogen) atoms. The highest BCUT2D eigenvalue weighted by molar-refractivity contribution is 9.10. The van der Waals surface area contributed by atoms with E-state index in [1.54, 1.807) is 43.6 Å². The van der Waals surface area contributed by atoms with Crippen molar-refractivity contribution >= 4 is 49.9 Å². The number of halogens is 1. The average molecular weight is 417 g/mol. The predicted molar refractivity (Wildman–Crippen MR) is 101 cm³/mol. The number of hydrogen-bond acceptors (Lipinski definition) is 5. The predicted octanol–water partition coefficient (Wildman–Crippen LogP) is 4.11. The van der Waals surface area contributed by atoms with Gasteiger partial charge in [-0.1, -0.05) is 27.3 Å². The fourth-order valence-corrected chi connectivity index (χ4v) is 3.18. The van der Waals surface area contributed by atoms with Gasteiger partial charge in [0.25, 0.3) is 11.8 Å². The minimum atomic E-state index is -0.295. The maximum absolute atomic E-state index is 12.4. The van der Waals surface area contributed by atoms with Crippen LogP contribution in [0.1, 0.15) is 25.7 Å². The lowest BCUT2D eigenvalue weighted by molar-refractivity contribution is 0.102. The summed E-state index contributed by atoms with van der Waals surface area (Å²) >= 11 is 4.48. The van der Waals surface area contributed by atoms with Gasteiger partial charge in [-0.15, -0.1) is 0 Å².